The second kappa shape index (κ2) is 5.68. The Morgan fingerprint density at radius 2 is 1.90 bits per heavy atom. The van der Waals surface area contributed by atoms with Gasteiger partial charge in [0.15, 0.2) is 0 Å². The Labute approximate surface area is 120 Å². The van der Waals surface area contributed by atoms with Gasteiger partial charge in [0.05, 0.1) is 6.26 Å². The van der Waals surface area contributed by atoms with E-state index in [1.165, 1.54) is 13.8 Å². The van der Waals surface area contributed by atoms with Crippen LogP contribution in [0.1, 0.15) is 26.7 Å². The van der Waals surface area contributed by atoms with E-state index >= 15 is 0 Å². The van der Waals surface area contributed by atoms with Crippen LogP contribution in [0.2, 0.25) is 0 Å². The first kappa shape index (κ1) is 16.9. The van der Waals surface area contributed by atoms with Crippen molar-refractivity contribution in [2.45, 2.75) is 32.2 Å². The maximum atomic E-state index is 11.5. The number of amides is 3. The van der Waals surface area contributed by atoms with Gasteiger partial charge in [-0.15, -0.1) is 0 Å². The van der Waals surface area contributed by atoms with Crippen LogP contribution in [-0.2, 0) is 19.1 Å². The molecule has 0 aromatic heterocycles. The molecule has 1 aliphatic rings. The fourth-order valence-corrected chi connectivity index (χ4v) is 2.00. The molecule has 1 heterocycles. The summed E-state index contributed by atoms with van der Waals surface area (Å²) in [4.78, 5) is 32.9. The Bertz CT molecular complexity index is 621. The zero-order valence-electron chi connectivity index (χ0n) is 11.6. The van der Waals surface area contributed by atoms with Crippen molar-refractivity contribution in [1.82, 2.24) is 10.6 Å². The predicted octanol–water partition coefficient (Wildman–Crippen LogP) is -0.151. The van der Waals surface area contributed by atoms with E-state index in [4.69, 9.17) is 0 Å². The summed E-state index contributed by atoms with van der Waals surface area (Å²) in [5, 5.41) is 14.8. The van der Waals surface area contributed by atoms with Crippen molar-refractivity contribution in [3.05, 3.63) is 21.6 Å². The van der Waals surface area contributed by atoms with Crippen molar-refractivity contribution in [1.29, 1.82) is 0 Å². The van der Waals surface area contributed by atoms with Crippen molar-refractivity contribution in [3.8, 4) is 0 Å². The molecule has 0 unspecified atom stereocenters. The second-order valence-electron chi connectivity index (χ2n) is 5.06. The minimum Gasteiger partial charge on any atom is -0.385 e. The largest absolute Gasteiger partial charge is 0.385 e. The lowest BCUT2D eigenvalue weighted by atomic mass is 9.98. The Hall–Kier alpha value is -2.17. The quantitative estimate of drug-likeness (QED) is 0.173. The maximum Gasteiger partial charge on any atom is 0.326 e. The highest BCUT2D eigenvalue weighted by Crippen LogP contribution is 2.23. The molecule has 0 aromatic rings. The number of carbonyl (C=O) groups excluding carboxylic acids is 2. The van der Waals surface area contributed by atoms with Crippen LogP contribution in [0.15, 0.2) is 11.5 Å². The van der Waals surface area contributed by atoms with Crippen molar-refractivity contribution in [2.24, 2.45) is 0 Å². The summed E-state index contributed by atoms with van der Waals surface area (Å²) in [5.74, 6) is -1.19. The van der Waals surface area contributed by atoms with Crippen LogP contribution in [0.25, 0.3) is 0 Å². The van der Waals surface area contributed by atoms with Gasteiger partial charge in [0.25, 0.3) is 5.91 Å². The molecule has 3 amide bonds. The third kappa shape index (κ3) is 4.70. The second-order valence-corrected chi connectivity index (χ2v) is 6.64. The zero-order chi connectivity index (χ0) is 16.4. The van der Waals surface area contributed by atoms with Gasteiger partial charge in [-0.2, -0.15) is 8.42 Å². The summed E-state index contributed by atoms with van der Waals surface area (Å²) >= 11 is 0. The molecule has 11 heteroatoms. The molecule has 21 heavy (non-hydrogen) atoms. The van der Waals surface area contributed by atoms with Crippen molar-refractivity contribution < 1.29 is 27.1 Å². The van der Waals surface area contributed by atoms with Gasteiger partial charge in [-0.05, 0) is 0 Å². The molecule has 1 saturated heterocycles. The Morgan fingerprint density at radius 3 is 2.29 bits per heavy atom. The van der Waals surface area contributed by atoms with E-state index in [-0.39, 0.29) is 24.3 Å². The zero-order valence-corrected chi connectivity index (χ0v) is 12.4. The number of carbonyl (C=O) groups is 2. The van der Waals surface area contributed by atoms with Gasteiger partial charge in [0.2, 0.25) is 5.54 Å². The minimum atomic E-state index is -3.95. The highest BCUT2D eigenvalue weighted by molar-refractivity contribution is 7.86. The van der Waals surface area contributed by atoms with E-state index in [0.29, 0.717) is 0 Å². The monoisotopic (exact) mass is 321 g/mol. The Morgan fingerprint density at radius 1 is 1.33 bits per heavy atom. The number of urea groups is 1. The van der Waals surface area contributed by atoms with Gasteiger partial charge in [-0.3, -0.25) is 25.5 Å². The maximum absolute atomic E-state index is 11.5. The van der Waals surface area contributed by atoms with Gasteiger partial charge in [-0.25, -0.2) is 4.79 Å². The number of hydrogen-bond acceptors (Lipinski definition) is 7. The lowest BCUT2D eigenvalue weighted by Gasteiger charge is -2.17. The van der Waals surface area contributed by atoms with E-state index in [0.717, 1.165) is 6.26 Å². The fraction of sp³-hybridized carbons (Fsp3) is 0.600. The van der Waals surface area contributed by atoms with Crippen LogP contribution in [0, 0.1) is 10.1 Å². The number of allylic oxidation sites excluding steroid dienone is 1. The number of nitrogens with zero attached hydrogens (tertiary/aromatic N) is 1. The highest BCUT2D eigenvalue weighted by atomic mass is 32.2. The number of nitrogens with one attached hydrogen (secondary N) is 2. The minimum absolute atomic E-state index is 0.0858. The van der Waals surface area contributed by atoms with Gasteiger partial charge in [0.1, 0.15) is 11.5 Å². The fourth-order valence-electron chi connectivity index (χ4n) is 1.47. The van der Waals surface area contributed by atoms with E-state index in [1.807, 2.05) is 5.32 Å². The van der Waals surface area contributed by atoms with Crippen molar-refractivity contribution >= 4 is 22.1 Å². The first-order chi connectivity index (χ1) is 9.42. The number of rotatable bonds is 6. The van der Waals surface area contributed by atoms with Crippen LogP contribution in [0.3, 0.4) is 0 Å². The first-order valence-electron chi connectivity index (χ1n) is 5.82. The van der Waals surface area contributed by atoms with Gasteiger partial charge >= 0.3 is 16.1 Å². The van der Waals surface area contributed by atoms with Crippen LogP contribution in [0.5, 0.6) is 0 Å². The summed E-state index contributed by atoms with van der Waals surface area (Å²) in [6.45, 7) is 2.70. The average Bonchev–Trinajstić information content (AvgIpc) is 2.62. The molecule has 118 valence electrons. The van der Waals surface area contributed by atoms with E-state index in [2.05, 4.69) is 9.50 Å². The molecule has 0 saturated carbocycles. The van der Waals surface area contributed by atoms with Crippen LogP contribution in [-0.4, -0.2) is 37.1 Å². The number of imide groups is 1. The third-order valence-corrected chi connectivity index (χ3v) is 3.19. The average molecular weight is 321 g/mol. The van der Waals surface area contributed by atoms with Gasteiger partial charge in [0, 0.05) is 31.6 Å². The van der Waals surface area contributed by atoms with Crippen LogP contribution >= 0.6 is 0 Å². The summed E-state index contributed by atoms with van der Waals surface area (Å²) in [5.41, 5.74) is -1.70. The molecule has 0 spiro atoms. The topological polar surface area (TPSA) is 145 Å². The molecule has 0 radical (unpaired) electrons. The summed E-state index contributed by atoms with van der Waals surface area (Å²) in [6, 6.07) is -0.821. The summed E-state index contributed by atoms with van der Waals surface area (Å²) in [7, 11) is -3.95. The van der Waals surface area contributed by atoms with E-state index in [1.54, 1.807) is 0 Å². The van der Waals surface area contributed by atoms with Gasteiger partial charge < -0.3 is 4.18 Å². The molecule has 0 aliphatic carbocycles. The first-order valence-corrected chi connectivity index (χ1v) is 7.63. The molecule has 0 atom stereocenters. The lowest BCUT2D eigenvalue weighted by Crippen LogP contribution is -2.31. The SMILES string of the molecule is CC(C)(CCC(OS(C)(=O)=O)=C1NC(=O)NC1=O)[N+](=O)[O-]. The lowest BCUT2D eigenvalue weighted by molar-refractivity contribution is -0.561. The number of hydrogen-bond donors (Lipinski definition) is 2. The van der Waals surface area contributed by atoms with E-state index in [9.17, 15) is 28.1 Å². The molecule has 1 fully saturated rings. The standard InChI is InChI=1S/C10H15N3O7S/c1-10(2,13(16)17)5-4-6(20-21(3,18)19)7-8(14)12-9(15)11-7/h4-5H2,1-3H3,(H2,11,12,14,15). The molecular weight excluding hydrogens is 306 g/mol. The Kier molecular flexibility index (Phi) is 4.56. The van der Waals surface area contributed by atoms with Crippen molar-refractivity contribution in [2.75, 3.05) is 6.26 Å². The molecule has 0 bridgehead atoms. The normalized spacial score (nSPS) is 18.0. The molecule has 1 rings (SSSR count). The number of nitro groups is 1. The molecule has 1 aliphatic heterocycles. The Balaban J connectivity index is 3.05. The summed E-state index contributed by atoms with van der Waals surface area (Å²) in [6.07, 6.45) is 0.475. The van der Waals surface area contributed by atoms with E-state index < -0.39 is 32.5 Å². The van der Waals surface area contributed by atoms with Gasteiger partial charge in [-0.1, -0.05) is 0 Å². The van der Waals surface area contributed by atoms with Crippen molar-refractivity contribution in [3.63, 3.8) is 0 Å². The smallest absolute Gasteiger partial charge is 0.326 e. The summed E-state index contributed by atoms with van der Waals surface area (Å²) < 4.78 is 27.1. The molecule has 0 aromatic carbocycles. The predicted molar refractivity (Wildman–Crippen MR) is 69.9 cm³/mol. The molecular formula is C10H15N3O7S. The van der Waals surface area contributed by atoms with Crippen LogP contribution < -0.4 is 10.6 Å². The molecule has 10 nitrogen and oxygen atoms in total. The molecule has 2 N–H and O–H groups in total. The third-order valence-electron chi connectivity index (χ3n) is 2.68. The van der Waals surface area contributed by atoms with Crippen LogP contribution in [0.4, 0.5) is 4.79 Å². The highest BCUT2D eigenvalue weighted by Gasteiger charge is 2.34.